The normalized spacial score (nSPS) is 47.5. The Morgan fingerprint density at radius 2 is 1.09 bits per heavy atom. The van der Waals surface area contributed by atoms with Crippen molar-refractivity contribution in [3.8, 4) is 0 Å². The topological polar surface area (TPSA) is 31.5 Å². The number of rotatable bonds is 0. The lowest BCUT2D eigenvalue weighted by Gasteiger charge is -2.49. The summed E-state index contributed by atoms with van der Waals surface area (Å²) in [5.74, 6) is 5.35. The molecule has 2 N–H and O–H groups in total. The van der Waals surface area contributed by atoms with E-state index in [1.165, 1.54) is 19.3 Å². The molecule has 4 aliphatic rings. The lowest BCUT2D eigenvalue weighted by atomic mass is 9.56. The molecule has 0 amide bonds. The highest BCUT2D eigenvalue weighted by Crippen LogP contribution is 2.54. The predicted octanol–water partition coefficient (Wildman–Crippen LogP) is 1.97. The zero-order chi connectivity index (χ0) is 6.55. The minimum atomic E-state index is 0. The van der Waals surface area contributed by atoms with Crippen molar-refractivity contribution in [2.75, 3.05) is 0 Å². The van der Waals surface area contributed by atoms with Gasteiger partial charge in [-0.1, -0.05) is 0 Å². The first-order valence-corrected chi connectivity index (χ1v) is 4.73. The predicted molar refractivity (Wildman–Crippen MR) is 45.0 cm³/mol. The van der Waals surface area contributed by atoms with Crippen LogP contribution in [0, 0.1) is 23.7 Å². The summed E-state index contributed by atoms with van der Waals surface area (Å²) in [5.41, 5.74) is 0. The molecule has 4 fully saturated rings. The first-order valence-electron chi connectivity index (χ1n) is 4.73. The third-order valence-electron chi connectivity index (χ3n) is 3.73. The van der Waals surface area contributed by atoms with Gasteiger partial charge in [-0.3, -0.25) is 0 Å². The molecule has 0 aromatic carbocycles. The molecule has 0 aromatic rings. The molecule has 4 bridgehead atoms. The Kier molecular flexibility index (Phi) is 1.71. The molecule has 0 saturated heterocycles. The van der Waals surface area contributed by atoms with Gasteiger partial charge in [0.2, 0.25) is 0 Å². The summed E-state index contributed by atoms with van der Waals surface area (Å²) >= 11 is 0. The molecule has 4 rings (SSSR count). The zero-order valence-corrected chi connectivity index (χ0v) is 6.97. The van der Waals surface area contributed by atoms with Crippen molar-refractivity contribution in [3.05, 3.63) is 5.92 Å². The molecule has 4 saturated carbocycles. The Morgan fingerprint density at radius 3 is 1.36 bits per heavy atom. The largest absolute Gasteiger partial charge is 0.412 e. The van der Waals surface area contributed by atoms with Gasteiger partial charge < -0.3 is 5.48 Å². The van der Waals surface area contributed by atoms with E-state index in [-0.39, 0.29) is 5.48 Å². The first kappa shape index (κ1) is 7.60. The van der Waals surface area contributed by atoms with Crippen molar-refractivity contribution in [2.24, 2.45) is 17.8 Å². The van der Waals surface area contributed by atoms with E-state index >= 15 is 0 Å². The summed E-state index contributed by atoms with van der Waals surface area (Å²) < 4.78 is 0. The van der Waals surface area contributed by atoms with Gasteiger partial charge in [0.05, 0.1) is 0 Å². The SMILES string of the molecule is C1[C]2CC3CC1CC(C2)C3.O. The smallest absolute Gasteiger partial charge is 0.0233 e. The van der Waals surface area contributed by atoms with E-state index in [4.69, 9.17) is 0 Å². The zero-order valence-electron chi connectivity index (χ0n) is 6.97. The van der Waals surface area contributed by atoms with Gasteiger partial charge in [-0.05, 0) is 62.2 Å². The Bertz CT molecular complexity index is 96.4. The lowest BCUT2D eigenvalue weighted by molar-refractivity contribution is 0.0920. The van der Waals surface area contributed by atoms with Crippen LogP contribution in [0.25, 0.3) is 0 Å². The van der Waals surface area contributed by atoms with Crippen LogP contribution in [-0.4, -0.2) is 5.48 Å². The number of hydrogen-bond donors (Lipinski definition) is 0. The summed E-state index contributed by atoms with van der Waals surface area (Å²) in [7, 11) is 0. The van der Waals surface area contributed by atoms with E-state index in [0.29, 0.717) is 0 Å². The van der Waals surface area contributed by atoms with Crippen molar-refractivity contribution in [1.29, 1.82) is 0 Å². The fourth-order valence-corrected chi connectivity index (χ4v) is 3.68. The molecule has 1 nitrogen and oxygen atoms in total. The van der Waals surface area contributed by atoms with Gasteiger partial charge in [0.1, 0.15) is 0 Å². The van der Waals surface area contributed by atoms with E-state index in [0.717, 1.165) is 17.8 Å². The standard InChI is InChI=1S/C10H15.H2O/c1-7-2-9-4-8(1)5-10(3-7)6-9;/h7-9H,1-6H2;1H2. The van der Waals surface area contributed by atoms with Crippen LogP contribution in [-0.2, 0) is 0 Å². The van der Waals surface area contributed by atoms with Crippen LogP contribution in [0.2, 0.25) is 0 Å². The van der Waals surface area contributed by atoms with E-state index in [1.54, 1.807) is 19.3 Å². The van der Waals surface area contributed by atoms with Gasteiger partial charge in [-0.25, -0.2) is 0 Å². The average molecular weight is 153 g/mol. The van der Waals surface area contributed by atoms with Crippen LogP contribution in [0.1, 0.15) is 38.5 Å². The summed E-state index contributed by atoms with van der Waals surface area (Å²) in [4.78, 5) is 0. The molecule has 0 aliphatic heterocycles. The summed E-state index contributed by atoms with van der Waals surface area (Å²) in [5, 5.41) is 0. The van der Waals surface area contributed by atoms with E-state index < -0.39 is 0 Å². The first-order chi connectivity index (χ1) is 4.90. The highest BCUT2D eigenvalue weighted by atomic mass is 16.0. The molecule has 0 atom stereocenters. The Morgan fingerprint density at radius 1 is 0.727 bits per heavy atom. The fraction of sp³-hybridized carbons (Fsp3) is 0.900. The van der Waals surface area contributed by atoms with Crippen molar-refractivity contribution in [1.82, 2.24) is 0 Å². The maximum Gasteiger partial charge on any atom is -0.0233 e. The molecule has 0 aromatic heterocycles. The van der Waals surface area contributed by atoms with Crippen LogP contribution in [0.15, 0.2) is 0 Å². The third-order valence-corrected chi connectivity index (χ3v) is 3.73. The maximum atomic E-state index is 1.93. The molecular formula is C10H17O. The number of hydrogen-bond acceptors (Lipinski definition) is 0. The quantitative estimate of drug-likeness (QED) is 0.509. The van der Waals surface area contributed by atoms with Crippen LogP contribution < -0.4 is 0 Å². The van der Waals surface area contributed by atoms with Crippen molar-refractivity contribution >= 4 is 0 Å². The van der Waals surface area contributed by atoms with Gasteiger partial charge in [0.15, 0.2) is 0 Å². The van der Waals surface area contributed by atoms with Crippen LogP contribution >= 0.6 is 0 Å². The molecule has 4 aliphatic carbocycles. The Labute approximate surface area is 68.5 Å². The van der Waals surface area contributed by atoms with Crippen LogP contribution in [0.4, 0.5) is 0 Å². The van der Waals surface area contributed by atoms with Gasteiger partial charge >= 0.3 is 0 Å². The average Bonchev–Trinajstić information content (AvgIpc) is 1.82. The van der Waals surface area contributed by atoms with Crippen LogP contribution in [0.5, 0.6) is 0 Å². The molecule has 0 spiro atoms. The highest BCUT2D eigenvalue weighted by molar-refractivity contribution is 5.08. The summed E-state index contributed by atoms with van der Waals surface area (Å²) in [6, 6.07) is 0. The van der Waals surface area contributed by atoms with Gasteiger partial charge in [0, 0.05) is 0 Å². The molecular weight excluding hydrogens is 136 g/mol. The van der Waals surface area contributed by atoms with E-state index in [9.17, 15) is 0 Å². The van der Waals surface area contributed by atoms with Gasteiger partial charge in [0.25, 0.3) is 0 Å². The van der Waals surface area contributed by atoms with E-state index in [1.807, 2.05) is 5.92 Å². The lowest BCUT2D eigenvalue weighted by Crippen LogP contribution is -2.37. The highest BCUT2D eigenvalue weighted by Gasteiger charge is 2.42. The Balaban J connectivity index is 0.000000480. The van der Waals surface area contributed by atoms with Gasteiger partial charge in [-0.2, -0.15) is 0 Å². The minimum Gasteiger partial charge on any atom is -0.412 e. The van der Waals surface area contributed by atoms with Gasteiger partial charge in [-0.15, -0.1) is 0 Å². The molecule has 11 heavy (non-hydrogen) atoms. The monoisotopic (exact) mass is 153 g/mol. The summed E-state index contributed by atoms with van der Waals surface area (Å²) in [6.07, 6.45) is 9.31. The molecule has 1 heteroatoms. The van der Waals surface area contributed by atoms with Crippen molar-refractivity contribution in [2.45, 2.75) is 38.5 Å². The molecule has 1 radical (unpaired) electrons. The van der Waals surface area contributed by atoms with Crippen molar-refractivity contribution in [3.63, 3.8) is 0 Å². The third kappa shape index (κ3) is 1.10. The maximum absolute atomic E-state index is 1.93. The van der Waals surface area contributed by atoms with Crippen LogP contribution in [0.3, 0.4) is 0 Å². The Hall–Kier alpha value is -0.0400. The second-order valence-electron chi connectivity index (χ2n) is 4.67. The van der Waals surface area contributed by atoms with Crippen molar-refractivity contribution < 1.29 is 5.48 Å². The minimum absolute atomic E-state index is 0. The molecule has 0 heterocycles. The fourth-order valence-electron chi connectivity index (χ4n) is 3.68. The second kappa shape index (κ2) is 2.48. The second-order valence-corrected chi connectivity index (χ2v) is 4.67. The summed E-state index contributed by atoms with van der Waals surface area (Å²) in [6.45, 7) is 0. The molecule has 0 unspecified atom stereocenters. The van der Waals surface area contributed by atoms with E-state index in [2.05, 4.69) is 0 Å². The molecule has 63 valence electrons.